The molecule has 1 amide bonds. The predicted molar refractivity (Wildman–Crippen MR) is 111 cm³/mol. The first kappa shape index (κ1) is 18.9. The summed E-state index contributed by atoms with van der Waals surface area (Å²) in [4.78, 5) is 14.4. The summed E-state index contributed by atoms with van der Waals surface area (Å²) in [7, 11) is 0. The zero-order chi connectivity index (χ0) is 18.4. The maximum Gasteiger partial charge on any atom is 0.236 e. The zero-order valence-corrected chi connectivity index (χ0v) is 17.0. The van der Waals surface area contributed by atoms with Gasteiger partial charge in [0.1, 0.15) is 5.01 Å². The standard InChI is InChI=1S/C19H19N3OS3/c1-13-3-7-15(8-4-13)24-11-17(23)20-19-22-21-18(26-19)12-25-16-9-5-14(2)6-10-16/h3-10H,11-12H2,1-2H3,(H,20,22,23). The van der Waals surface area contributed by atoms with E-state index in [1.54, 1.807) is 11.8 Å². The Bertz CT molecular complexity index is 860. The normalized spacial score (nSPS) is 10.7. The number of carbonyl (C=O) groups excluding carboxylic acids is 1. The van der Waals surface area contributed by atoms with Crippen molar-refractivity contribution in [3.05, 3.63) is 64.7 Å². The van der Waals surface area contributed by atoms with Gasteiger partial charge in [0.15, 0.2) is 0 Å². The molecule has 0 atom stereocenters. The Morgan fingerprint density at radius 2 is 1.50 bits per heavy atom. The summed E-state index contributed by atoms with van der Waals surface area (Å²) in [6.45, 7) is 4.12. The summed E-state index contributed by atoms with van der Waals surface area (Å²) in [6, 6.07) is 16.5. The maximum absolute atomic E-state index is 12.1. The minimum atomic E-state index is -0.0653. The van der Waals surface area contributed by atoms with Crippen LogP contribution in [-0.4, -0.2) is 21.9 Å². The molecule has 134 valence electrons. The van der Waals surface area contributed by atoms with Crippen LogP contribution < -0.4 is 5.32 Å². The first-order valence-electron chi connectivity index (χ1n) is 8.10. The highest BCUT2D eigenvalue weighted by Crippen LogP contribution is 2.26. The van der Waals surface area contributed by atoms with Gasteiger partial charge in [0, 0.05) is 9.79 Å². The van der Waals surface area contributed by atoms with E-state index in [2.05, 4.69) is 46.7 Å². The molecule has 0 spiro atoms. The fourth-order valence-electron chi connectivity index (χ4n) is 2.08. The SMILES string of the molecule is Cc1ccc(SCC(=O)Nc2nnc(CSc3ccc(C)cc3)s2)cc1. The third kappa shape index (κ3) is 5.86. The van der Waals surface area contributed by atoms with E-state index in [0.29, 0.717) is 10.9 Å². The Hall–Kier alpha value is -1.83. The van der Waals surface area contributed by atoms with Gasteiger partial charge in [-0.3, -0.25) is 10.1 Å². The van der Waals surface area contributed by atoms with Crippen LogP contribution >= 0.6 is 34.9 Å². The molecule has 3 aromatic rings. The zero-order valence-electron chi connectivity index (χ0n) is 14.6. The second kappa shape index (κ2) is 9.21. The van der Waals surface area contributed by atoms with Gasteiger partial charge in [-0.1, -0.05) is 46.7 Å². The second-order valence-electron chi connectivity index (χ2n) is 5.75. The molecule has 26 heavy (non-hydrogen) atoms. The summed E-state index contributed by atoms with van der Waals surface area (Å²) in [5, 5.41) is 12.5. The number of thioether (sulfide) groups is 2. The van der Waals surface area contributed by atoms with Gasteiger partial charge < -0.3 is 0 Å². The van der Waals surface area contributed by atoms with Crippen molar-refractivity contribution in [2.45, 2.75) is 29.4 Å². The van der Waals surface area contributed by atoms with E-state index in [9.17, 15) is 4.79 Å². The lowest BCUT2D eigenvalue weighted by Gasteiger charge is -2.02. The van der Waals surface area contributed by atoms with Crippen molar-refractivity contribution < 1.29 is 4.79 Å². The van der Waals surface area contributed by atoms with Crippen LogP contribution in [0.5, 0.6) is 0 Å². The molecular formula is C19H19N3OS3. The average molecular weight is 402 g/mol. The Balaban J connectivity index is 1.45. The van der Waals surface area contributed by atoms with Crippen molar-refractivity contribution in [2.24, 2.45) is 0 Å². The molecule has 4 nitrogen and oxygen atoms in total. The van der Waals surface area contributed by atoms with Crippen molar-refractivity contribution in [3.8, 4) is 0 Å². The third-order valence-electron chi connectivity index (χ3n) is 3.49. The van der Waals surface area contributed by atoms with E-state index < -0.39 is 0 Å². The Kier molecular flexibility index (Phi) is 6.71. The van der Waals surface area contributed by atoms with E-state index in [0.717, 1.165) is 15.7 Å². The highest BCUT2D eigenvalue weighted by molar-refractivity contribution is 8.00. The van der Waals surface area contributed by atoms with Gasteiger partial charge >= 0.3 is 0 Å². The van der Waals surface area contributed by atoms with Gasteiger partial charge in [-0.2, -0.15) is 0 Å². The Labute approximate surface area is 165 Å². The smallest absolute Gasteiger partial charge is 0.236 e. The number of nitrogens with one attached hydrogen (secondary N) is 1. The molecular weight excluding hydrogens is 382 g/mol. The number of hydrogen-bond donors (Lipinski definition) is 1. The van der Waals surface area contributed by atoms with E-state index >= 15 is 0 Å². The highest BCUT2D eigenvalue weighted by Gasteiger charge is 2.09. The molecule has 0 bridgehead atoms. The van der Waals surface area contributed by atoms with Crippen molar-refractivity contribution in [1.82, 2.24) is 10.2 Å². The summed E-state index contributed by atoms with van der Waals surface area (Å²) >= 11 is 4.65. The monoisotopic (exact) mass is 401 g/mol. The molecule has 0 saturated carbocycles. The van der Waals surface area contributed by atoms with Crippen LogP contribution in [0.3, 0.4) is 0 Å². The van der Waals surface area contributed by atoms with E-state index in [-0.39, 0.29) is 5.91 Å². The molecule has 1 aromatic heterocycles. The van der Waals surface area contributed by atoms with Gasteiger partial charge in [-0.05, 0) is 38.1 Å². The van der Waals surface area contributed by atoms with Crippen LogP contribution in [-0.2, 0) is 10.5 Å². The first-order valence-corrected chi connectivity index (χ1v) is 10.9. The molecule has 0 fully saturated rings. The lowest BCUT2D eigenvalue weighted by atomic mass is 10.2. The van der Waals surface area contributed by atoms with Crippen LogP contribution in [0.4, 0.5) is 5.13 Å². The van der Waals surface area contributed by atoms with Crippen LogP contribution in [0.2, 0.25) is 0 Å². The molecule has 0 saturated heterocycles. The first-order chi connectivity index (χ1) is 12.6. The Morgan fingerprint density at radius 3 is 2.12 bits per heavy atom. The second-order valence-corrected chi connectivity index (χ2v) is 8.91. The number of anilines is 1. The topological polar surface area (TPSA) is 54.9 Å². The van der Waals surface area contributed by atoms with Crippen molar-refractivity contribution in [1.29, 1.82) is 0 Å². The number of benzene rings is 2. The van der Waals surface area contributed by atoms with E-state index in [1.807, 2.05) is 31.2 Å². The summed E-state index contributed by atoms with van der Waals surface area (Å²) in [6.07, 6.45) is 0. The van der Waals surface area contributed by atoms with Crippen LogP contribution in [0.1, 0.15) is 16.1 Å². The van der Waals surface area contributed by atoms with Gasteiger partial charge in [-0.25, -0.2) is 0 Å². The molecule has 1 N–H and O–H groups in total. The number of hydrogen-bond acceptors (Lipinski definition) is 6. The summed E-state index contributed by atoms with van der Waals surface area (Å²) in [5.74, 6) is 1.04. The fourth-order valence-corrected chi connectivity index (χ4v) is 4.42. The number of carbonyl (C=O) groups is 1. The number of amides is 1. The highest BCUT2D eigenvalue weighted by atomic mass is 32.2. The number of nitrogens with zero attached hydrogens (tertiary/aromatic N) is 2. The molecule has 7 heteroatoms. The minimum Gasteiger partial charge on any atom is -0.300 e. The van der Waals surface area contributed by atoms with Gasteiger partial charge in [0.05, 0.1) is 11.5 Å². The predicted octanol–water partition coefficient (Wildman–Crippen LogP) is 5.18. The van der Waals surface area contributed by atoms with Crippen LogP contribution in [0.15, 0.2) is 58.3 Å². The van der Waals surface area contributed by atoms with Crippen molar-refractivity contribution >= 4 is 45.9 Å². The lowest BCUT2D eigenvalue weighted by molar-refractivity contribution is -0.113. The summed E-state index contributed by atoms with van der Waals surface area (Å²) in [5.41, 5.74) is 2.46. The average Bonchev–Trinajstić information content (AvgIpc) is 3.08. The van der Waals surface area contributed by atoms with E-state index in [4.69, 9.17) is 0 Å². The molecule has 3 rings (SSSR count). The largest absolute Gasteiger partial charge is 0.300 e. The minimum absolute atomic E-state index is 0.0653. The fraction of sp³-hybridized carbons (Fsp3) is 0.211. The van der Waals surface area contributed by atoms with E-state index in [1.165, 1.54) is 39.1 Å². The van der Waals surface area contributed by atoms with Crippen molar-refractivity contribution in [2.75, 3.05) is 11.1 Å². The quantitative estimate of drug-likeness (QED) is 0.553. The Morgan fingerprint density at radius 1 is 0.923 bits per heavy atom. The molecule has 1 heterocycles. The molecule has 0 aliphatic rings. The maximum atomic E-state index is 12.1. The molecule has 0 aliphatic carbocycles. The summed E-state index contributed by atoms with van der Waals surface area (Å²) < 4.78 is 0. The third-order valence-corrected chi connectivity index (χ3v) is 6.54. The molecule has 0 aliphatic heterocycles. The number of aromatic nitrogens is 2. The van der Waals surface area contributed by atoms with Gasteiger partial charge in [0.25, 0.3) is 0 Å². The number of rotatable bonds is 7. The molecule has 0 radical (unpaired) electrons. The van der Waals surface area contributed by atoms with Crippen LogP contribution in [0.25, 0.3) is 0 Å². The molecule has 2 aromatic carbocycles. The van der Waals surface area contributed by atoms with Gasteiger partial charge in [-0.15, -0.1) is 33.7 Å². The van der Waals surface area contributed by atoms with Crippen molar-refractivity contribution in [3.63, 3.8) is 0 Å². The molecule has 0 unspecified atom stereocenters. The number of aryl methyl sites for hydroxylation is 2. The lowest BCUT2D eigenvalue weighted by Crippen LogP contribution is -2.13. The van der Waals surface area contributed by atoms with Gasteiger partial charge in [0.2, 0.25) is 11.0 Å². The van der Waals surface area contributed by atoms with Crippen LogP contribution in [0, 0.1) is 13.8 Å².